The molecule has 0 fully saturated rings. The van der Waals surface area contributed by atoms with Crippen LogP contribution in [0, 0.1) is 5.82 Å². The summed E-state index contributed by atoms with van der Waals surface area (Å²) >= 11 is 0. The Bertz CT molecular complexity index is 1300. The Labute approximate surface area is 216 Å². The van der Waals surface area contributed by atoms with Crippen LogP contribution in [0.25, 0.3) is 16.9 Å². The molecule has 3 aromatic carbocycles. The number of halogens is 1. The zero-order valence-corrected chi connectivity index (χ0v) is 20.9. The van der Waals surface area contributed by atoms with E-state index in [2.05, 4.69) is 27.9 Å². The van der Waals surface area contributed by atoms with Gasteiger partial charge in [-0.2, -0.15) is 5.10 Å². The molecule has 6 nitrogen and oxygen atoms in total. The van der Waals surface area contributed by atoms with Crippen LogP contribution >= 0.6 is 0 Å². The van der Waals surface area contributed by atoms with Gasteiger partial charge in [0.1, 0.15) is 11.6 Å². The number of aromatic nitrogens is 2. The molecule has 190 valence electrons. The van der Waals surface area contributed by atoms with Crippen LogP contribution in [0.5, 0.6) is 0 Å². The van der Waals surface area contributed by atoms with Gasteiger partial charge < -0.3 is 10.6 Å². The number of carbonyl (C=O) groups is 2. The van der Waals surface area contributed by atoms with Crippen LogP contribution in [0.4, 0.5) is 10.2 Å². The Morgan fingerprint density at radius 2 is 1.54 bits per heavy atom. The predicted octanol–water partition coefficient (Wildman–Crippen LogP) is 5.92. The Morgan fingerprint density at radius 1 is 0.892 bits per heavy atom. The van der Waals surface area contributed by atoms with Gasteiger partial charge in [0.25, 0.3) is 0 Å². The minimum Gasteiger partial charge on any atom is -0.354 e. The third kappa shape index (κ3) is 7.61. The number of aryl methyl sites for hydroxylation is 1. The lowest BCUT2D eigenvalue weighted by atomic mass is 10.1. The molecule has 1 atom stereocenters. The van der Waals surface area contributed by atoms with E-state index in [1.54, 1.807) is 22.9 Å². The summed E-state index contributed by atoms with van der Waals surface area (Å²) in [5.41, 5.74) is 3.46. The number of benzene rings is 3. The molecule has 1 unspecified atom stereocenters. The summed E-state index contributed by atoms with van der Waals surface area (Å²) in [4.78, 5) is 25.1. The molecule has 0 spiro atoms. The molecule has 1 heterocycles. The van der Waals surface area contributed by atoms with Crippen molar-refractivity contribution in [2.24, 2.45) is 0 Å². The smallest absolute Gasteiger partial charge is 0.225 e. The molecular weight excluding hydrogens is 467 g/mol. The second kappa shape index (κ2) is 12.6. The molecule has 7 heteroatoms. The van der Waals surface area contributed by atoms with Gasteiger partial charge in [0.2, 0.25) is 11.8 Å². The maximum absolute atomic E-state index is 13.5. The zero-order valence-electron chi connectivity index (χ0n) is 20.9. The number of nitrogens with zero attached hydrogens (tertiary/aromatic N) is 2. The fraction of sp³-hybridized carbons (Fsp3) is 0.233. The topological polar surface area (TPSA) is 76.0 Å². The Hall–Kier alpha value is -4.26. The average Bonchev–Trinajstić information content (AvgIpc) is 3.32. The van der Waals surface area contributed by atoms with Crippen molar-refractivity contribution in [3.8, 4) is 16.9 Å². The van der Waals surface area contributed by atoms with Gasteiger partial charge in [-0.3, -0.25) is 9.59 Å². The van der Waals surface area contributed by atoms with E-state index in [-0.39, 0.29) is 36.5 Å². The van der Waals surface area contributed by atoms with E-state index >= 15 is 0 Å². The summed E-state index contributed by atoms with van der Waals surface area (Å²) in [5, 5.41) is 10.5. The molecule has 0 radical (unpaired) electrons. The van der Waals surface area contributed by atoms with E-state index in [4.69, 9.17) is 0 Å². The van der Waals surface area contributed by atoms with Gasteiger partial charge in [-0.25, -0.2) is 9.07 Å². The minimum absolute atomic E-state index is 0.0583. The number of carbonyl (C=O) groups excluding carboxylic acids is 2. The summed E-state index contributed by atoms with van der Waals surface area (Å²) in [5.74, 6) is -0.143. The molecule has 37 heavy (non-hydrogen) atoms. The van der Waals surface area contributed by atoms with E-state index < -0.39 is 0 Å². The zero-order chi connectivity index (χ0) is 26.0. The van der Waals surface area contributed by atoms with Crippen LogP contribution in [0.1, 0.15) is 38.2 Å². The molecule has 0 saturated heterocycles. The van der Waals surface area contributed by atoms with Crippen LogP contribution < -0.4 is 10.6 Å². The van der Waals surface area contributed by atoms with Gasteiger partial charge in [-0.05, 0) is 56.0 Å². The Kier molecular flexibility index (Phi) is 8.81. The first kappa shape index (κ1) is 25.8. The highest BCUT2D eigenvalue weighted by Crippen LogP contribution is 2.25. The first-order valence-corrected chi connectivity index (χ1v) is 12.5. The van der Waals surface area contributed by atoms with Crippen molar-refractivity contribution in [2.75, 3.05) is 5.32 Å². The monoisotopic (exact) mass is 498 g/mol. The number of hydrogen-bond acceptors (Lipinski definition) is 3. The van der Waals surface area contributed by atoms with Gasteiger partial charge >= 0.3 is 0 Å². The fourth-order valence-corrected chi connectivity index (χ4v) is 4.06. The molecular formula is C30H31FN4O2. The van der Waals surface area contributed by atoms with E-state index in [9.17, 15) is 14.0 Å². The van der Waals surface area contributed by atoms with Crippen LogP contribution in [0.3, 0.4) is 0 Å². The lowest BCUT2D eigenvalue weighted by molar-refractivity contribution is -0.122. The first-order valence-electron chi connectivity index (χ1n) is 12.5. The van der Waals surface area contributed by atoms with E-state index in [0.717, 1.165) is 18.4 Å². The number of rotatable bonds is 11. The second-order valence-corrected chi connectivity index (χ2v) is 9.06. The third-order valence-electron chi connectivity index (χ3n) is 6.04. The van der Waals surface area contributed by atoms with Crippen molar-refractivity contribution >= 4 is 17.6 Å². The van der Waals surface area contributed by atoms with Gasteiger partial charge in [0, 0.05) is 30.5 Å². The number of nitrogens with one attached hydrogen (secondary N) is 2. The fourth-order valence-electron chi connectivity index (χ4n) is 4.06. The molecule has 0 aliphatic rings. The van der Waals surface area contributed by atoms with Gasteiger partial charge in [-0.15, -0.1) is 0 Å². The summed E-state index contributed by atoms with van der Waals surface area (Å²) in [7, 11) is 0. The second-order valence-electron chi connectivity index (χ2n) is 9.06. The summed E-state index contributed by atoms with van der Waals surface area (Å²) in [6.45, 7) is 1.99. The largest absolute Gasteiger partial charge is 0.354 e. The SMILES string of the molecule is CC(CCc1ccccc1)NC(=O)CCCC(=O)Nc1cc(-c2ccccc2)nn1-c1ccc(F)cc1. The highest BCUT2D eigenvalue weighted by atomic mass is 19.1. The Morgan fingerprint density at radius 3 is 2.24 bits per heavy atom. The highest BCUT2D eigenvalue weighted by molar-refractivity contribution is 5.91. The molecule has 4 rings (SSSR count). The third-order valence-corrected chi connectivity index (χ3v) is 6.04. The van der Waals surface area contributed by atoms with E-state index in [1.807, 2.05) is 55.5 Å². The van der Waals surface area contributed by atoms with Crippen molar-refractivity contribution in [1.29, 1.82) is 0 Å². The lowest BCUT2D eigenvalue weighted by Crippen LogP contribution is -2.32. The molecule has 2 N–H and O–H groups in total. The van der Waals surface area contributed by atoms with Crippen LogP contribution in [0.2, 0.25) is 0 Å². The van der Waals surface area contributed by atoms with Crippen LogP contribution in [0.15, 0.2) is 91.0 Å². The van der Waals surface area contributed by atoms with E-state index in [0.29, 0.717) is 23.6 Å². The number of anilines is 1. The van der Waals surface area contributed by atoms with Crippen molar-refractivity contribution in [2.45, 2.75) is 45.1 Å². The molecule has 0 aliphatic heterocycles. The molecule has 1 aromatic heterocycles. The average molecular weight is 499 g/mol. The maximum atomic E-state index is 13.5. The quantitative estimate of drug-likeness (QED) is 0.269. The van der Waals surface area contributed by atoms with Crippen molar-refractivity contribution in [3.05, 3.63) is 102 Å². The highest BCUT2D eigenvalue weighted by Gasteiger charge is 2.15. The van der Waals surface area contributed by atoms with Crippen molar-refractivity contribution in [1.82, 2.24) is 15.1 Å². The summed E-state index contributed by atoms with van der Waals surface area (Å²) in [6.07, 6.45) is 2.65. The maximum Gasteiger partial charge on any atom is 0.225 e. The molecule has 2 amide bonds. The van der Waals surface area contributed by atoms with Gasteiger partial charge in [0.05, 0.1) is 11.4 Å². The van der Waals surface area contributed by atoms with Gasteiger partial charge in [-0.1, -0.05) is 60.7 Å². The normalized spacial score (nSPS) is 11.6. The van der Waals surface area contributed by atoms with Crippen LogP contribution in [-0.4, -0.2) is 27.6 Å². The number of amides is 2. The number of hydrogen-bond donors (Lipinski definition) is 2. The standard InChI is InChI=1S/C30H31FN4O2/c1-22(15-16-23-9-4-2-5-10-23)32-29(36)13-8-14-30(37)33-28-21-27(24-11-6-3-7-12-24)34-35(28)26-19-17-25(31)18-20-26/h2-7,9-12,17-22H,8,13-16H2,1H3,(H,32,36)(H,33,37). The van der Waals surface area contributed by atoms with Crippen LogP contribution in [-0.2, 0) is 16.0 Å². The lowest BCUT2D eigenvalue weighted by Gasteiger charge is -2.14. The Balaban J connectivity index is 1.31. The predicted molar refractivity (Wildman–Crippen MR) is 144 cm³/mol. The van der Waals surface area contributed by atoms with E-state index in [1.165, 1.54) is 17.7 Å². The van der Waals surface area contributed by atoms with Crippen molar-refractivity contribution < 1.29 is 14.0 Å². The summed E-state index contributed by atoms with van der Waals surface area (Å²) in [6, 6.07) is 27.6. The molecule has 0 saturated carbocycles. The molecule has 4 aromatic rings. The van der Waals surface area contributed by atoms with Gasteiger partial charge in [0.15, 0.2) is 0 Å². The minimum atomic E-state index is -0.350. The molecule has 0 bridgehead atoms. The molecule has 0 aliphatic carbocycles. The summed E-state index contributed by atoms with van der Waals surface area (Å²) < 4.78 is 15.0. The van der Waals surface area contributed by atoms with Crippen molar-refractivity contribution in [3.63, 3.8) is 0 Å². The first-order chi connectivity index (χ1) is 18.0.